The third-order valence-electron chi connectivity index (χ3n) is 4.13. The molecule has 1 aliphatic rings. The summed E-state index contributed by atoms with van der Waals surface area (Å²) in [5, 5.41) is 11.7. The van der Waals surface area contributed by atoms with Crippen molar-refractivity contribution in [1.82, 2.24) is 19.5 Å². The maximum Gasteiger partial charge on any atom is 0.327 e. The van der Waals surface area contributed by atoms with E-state index in [0.717, 1.165) is 6.33 Å². The van der Waals surface area contributed by atoms with Crippen molar-refractivity contribution in [2.24, 2.45) is 5.92 Å². The van der Waals surface area contributed by atoms with Crippen LogP contribution in [0.15, 0.2) is 11.1 Å². The van der Waals surface area contributed by atoms with Gasteiger partial charge in [0.25, 0.3) is 5.56 Å². The summed E-state index contributed by atoms with van der Waals surface area (Å²) in [7, 11) is -2.92. The molecule has 4 atom stereocenters. The van der Waals surface area contributed by atoms with Crippen molar-refractivity contribution in [3.05, 3.63) is 16.7 Å². The van der Waals surface area contributed by atoms with Gasteiger partial charge in [0.1, 0.15) is 12.2 Å². The minimum atomic E-state index is -2.92. The maximum absolute atomic E-state index is 14.5. The molecule has 3 rings (SSSR count). The molecule has 1 amide bonds. The van der Waals surface area contributed by atoms with Gasteiger partial charge in [-0.3, -0.25) is 24.5 Å². The Hall–Kier alpha value is -2.02. The van der Waals surface area contributed by atoms with Crippen LogP contribution in [0.2, 0.25) is 0 Å². The van der Waals surface area contributed by atoms with Crippen LogP contribution in [-0.4, -0.2) is 65.3 Å². The van der Waals surface area contributed by atoms with Crippen molar-refractivity contribution in [3.63, 3.8) is 0 Å². The number of hydrogen-bond donors (Lipinski definition) is 5. The van der Waals surface area contributed by atoms with E-state index in [0.29, 0.717) is 0 Å². The smallest absolute Gasteiger partial charge is 0.327 e. The number of hydrogen-bond acceptors (Lipinski definition) is 9. The predicted octanol–water partition coefficient (Wildman–Crippen LogP) is -0.461. The van der Waals surface area contributed by atoms with Crippen LogP contribution in [0.1, 0.15) is 20.1 Å². The topological polar surface area (TPSA) is 172 Å². The first-order valence-corrected chi connectivity index (χ1v) is 9.42. The number of alkyl halides is 1. The number of amides is 1. The molecule has 1 fully saturated rings. The summed E-state index contributed by atoms with van der Waals surface area (Å²) in [5.41, 5.74) is -0.809. The molecular weight excluding hydrogens is 400 g/mol. The van der Waals surface area contributed by atoms with E-state index < -0.39 is 45.4 Å². The number of aliphatic hydroxyl groups is 1. The van der Waals surface area contributed by atoms with Gasteiger partial charge in [-0.2, -0.15) is 4.98 Å². The number of carbonyl (C=O) groups is 1. The van der Waals surface area contributed by atoms with Crippen LogP contribution in [0, 0.1) is 5.92 Å². The summed E-state index contributed by atoms with van der Waals surface area (Å²) in [6, 6.07) is 0. The highest BCUT2D eigenvalue weighted by Gasteiger charge is 2.48. The van der Waals surface area contributed by atoms with Gasteiger partial charge in [0.2, 0.25) is 11.9 Å². The third-order valence-corrected chi connectivity index (χ3v) is 4.56. The average Bonchev–Trinajstić information content (AvgIpc) is 3.16. The fourth-order valence-corrected chi connectivity index (χ4v) is 3.16. The molecule has 3 heterocycles. The first kappa shape index (κ1) is 20.7. The zero-order valence-corrected chi connectivity index (χ0v) is 15.7. The molecule has 1 aliphatic heterocycles. The lowest BCUT2D eigenvalue weighted by atomic mass is 10.1. The second-order valence-electron chi connectivity index (χ2n) is 6.40. The van der Waals surface area contributed by atoms with E-state index in [9.17, 15) is 19.1 Å². The van der Waals surface area contributed by atoms with Crippen molar-refractivity contribution in [2.75, 3.05) is 11.9 Å². The van der Waals surface area contributed by atoms with Gasteiger partial charge >= 0.3 is 8.60 Å². The number of rotatable bonds is 6. The van der Waals surface area contributed by atoms with E-state index in [1.54, 1.807) is 13.8 Å². The highest BCUT2D eigenvalue weighted by molar-refractivity contribution is 7.39. The summed E-state index contributed by atoms with van der Waals surface area (Å²) in [6.45, 7) is 2.63. The monoisotopic (exact) mass is 419 g/mol. The second-order valence-corrected chi connectivity index (χ2v) is 7.11. The van der Waals surface area contributed by atoms with Gasteiger partial charge in [-0.15, -0.1) is 0 Å². The quantitative estimate of drug-likeness (QED) is 0.388. The number of imidazole rings is 1. The van der Waals surface area contributed by atoms with Gasteiger partial charge in [-0.25, -0.2) is 9.37 Å². The maximum atomic E-state index is 14.5. The third kappa shape index (κ3) is 3.90. The van der Waals surface area contributed by atoms with E-state index in [2.05, 4.69) is 20.3 Å². The number of nitrogens with zero attached hydrogens (tertiary/aromatic N) is 3. The lowest BCUT2D eigenvalue weighted by molar-refractivity contribution is -0.118. The molecule has 12 nitrogen and oxygen atoms in total. The zero-order chi connectivity index (χ0) is 20.6. The van der Waals surface area contributed by atoms with E-state index in [-0.39, 0.29) is 28.9 Å². The highest BCUT2D eigenvalue weighted by atomic mass is 31.2. The van der Waals surface area contributed by atoms with Crippen LogP contribution >= 0.6 is 8.60 Å². The second kappa shape index (κ2) is 8.15. The van der Waals surface area contributed by atoms with Gasteiger partial charge in [-0.05, 0) is 0 Å². The number of carbonyl (C=O) groups excluding carboxylic acids is 1. The van der Waals surface area contributed by atoms with Gasteiger partial charge in [0.15, 0.2) is 23.6 Å². The predicted molar refractivity (Wildman–Crippen MR) is 93.7 cm³/mol. The molecular formula is C14H19FN5O7P. The van der Waals surface area contributed by atoms with Gasteiger partial charge in [0, 0.05) is 5.92 Å². The molecule has 5 N–H and O–H groups in total. The number of anilines is 1. The largest absolute Gasteiger partial charge is 0.394 e. The Kier molecular flexibility index (Phi) is 6.03. The van der Waals surface area contributed by atoms with Crippen molar-refractivity contribution < 1.29 is 33.3 Å². The lowest BCUT2D eigenvalue weighted by Gasteiger charge is -2.21. The Labute approximate surface area is 158 Å². The Morgan fingerprint density at radius 3 is 2.86 bits per heavy atom. The van der Waals surface area contributed by atoms with E-state index in [1.165, 1.54) is 4.57 Å². The molecule has 0 aromatic carbocycles. The van der Waals surface area contributed by atoms with Gasteiger partial charge in [-0.1, -0.05) is 13.8 Å². The molecule has 154 valence electrons. The van der Waals surface area contributed by atoms with Crippen molar-refractivity contribution in [1.29, 1.82) is 0 Å². The van der Waals surface area contributed by atoms with E-state index in [4.69, 9.17) is 19.0 Å². The SMILES string of the molecule is CC(C)C(=O)Nc1nc2c(ncn2[C@@H]2O[C@H](CO)[C@H](F)[C@H]2OP(O)O)c(=O)[nH]1. The molecule has 0 aliphatic carbocycles. The van der Waals surface area contributed by atoms with Crippen LogP contribution in [-0.2, 0) is 14.1 Å². The van der Waals surface area contributed by atoms with Crippen LogP contribution in [0.25, 0.3) is 11.2 Å². The fraction of sp³-hybridized carbons (Fsp3) is 0.571. The van der Waals surface area contributed by atoms with Gasteiger partial charge < -0.3 is 24.2 Å². The zero-order valence-electron chi connectivity index (χ0n) is 14.8. The minimum absolute atomic E-state index is 0.0487. The van der Waals surface area contributed by atoms with Crippen LogP contribution < -0.4 is 10.9 Å². The summed E-state index contributed by atoms with van der Waals surface area (Å²) < 4.78 is 25.9. The van der Waals surface area contributed by atoms with Crippen molar-refractivity contribution in [2.45, 2.75) is 38.5 Å². The molecule has 0 unspecified atom stereocenters. The Morgan fingerprint density at radius 1 is 1.54 bits per heavy atom. The fourth-order valence-electron chi connectivity index (χ4n) is 2.72. The molecule has 2 aromatic rings. The van der Waals surface area contributed by atoms with Crippen molar-refractivity contribution >= 4 is 31.6 Å². The summed E-state index contributed by atoms with van der Waals surface area (Å²) >= 11 is 0. The standard InChI is InChI=1S/C14H19FN5O7P/c1-5(2)11(22)18-14-17-10-8(12(23)19-14)16-4-20(10)13-9(27-28(24)25)7(15)6(3-21)26-13/h4-7,9,13,21,24-25H,3H2,1-2H3,(H2,17,18,19,22,23)/t6-,7+,9-,13-/m1/s1. The average molecular weight is 419 g/mol. The number of ether oxygens (including phenoxy) is 1. The molecule has 2 aromatic heterocycles. The van der Waals surface area contributed by atoms with Crippen molar-refractivity contribution in [3.8, 4) is 0 Å². The summed E-state index contributed by atoms with van der Waals surface area (Å²) in [5.74, 6) is -0.898. The number of aromatic nitrogens is 4. The van der Waals surface area contributed by atoms with E-state index >= 15 is 0 Å². The van der Waals surface area contributed by atoms with E-state index in [1.807, 2.05) is 0 Å². The molecule has 0 saturated carbocycles. The molecule has 0 spiro atoms. The first-order chi connectivity index (χ1) is 13.2. The minimum Gasteiger partial charge on any atom is -0.394 e. The van der Waals surface area contributed by atoms with Crippen LogP contribution in [0.4, 0.5) is 10.3 Å². The number of fused-ring (bicyclic) bond motifs is 1. The Balaban J connectivity index is 2.03. The van der Waals surface area contributed by atoms with Crippen LogP contribution in [0.3, 0.4) is 0 Å². The molecule has 0 bridgehead atoms. The van der Waals surface area contributed by atoms with Gasteiger partial charge in [0.05, 0.1) is 12.9 Å². The molecule has 1 saturated heterocycles. The summed E-state index contributed by atoms with van der Waals surface area (Å²) in [6.07, 6.45) is -4.80. The molecule has 0 radical (unpaired) electrons. The number of halogens is 1. The normalized spacial score (nSPS) is 25.1. The number of aliphatic hydroxyl groups excluding tert-OH is 1. The number of aromatic amines is 1. The first-order valence-electron chi connectivity index (χ1n) is 8.25. The number of nitrogens with one attached hydrogen (secondary N) is 2. The highest BCUT2D eigenvalue weighted by Crippen LogP contribution is 2.41. The Bertz CT molecular complexity index is 919. The Morgan fingerprint density at radius 2 is 2.25 bits per heavy atom. The summed E-state index contributed by atoms with van der Waals surface area (Å²) in [4.78, 5) is 52.8. The lowest BCUT2D eigenvalue weighted by Crippen LogP contribution is -2.31. The number of H-pyrrole nitrogens is 1. The van der Waals surface area contributed by atoms with Crippen LogP contribution in [0.5, 0.6) is 0 Å². The molecule has 14 heteroatoms. The molecule has 28 heavy (non-hydrogen) atoms.